The van der Waals surface area contributed by atoms with E-state index in [1.54, 1.807) is 25.5 Å². The Bertz CT molecular complexity index is 592. The maximum absolute atomic E-state index is 11.8. The van der Waals surface area contributed by atoms with Crippen LogP contribution in [0.15, 0.2) is 59.6 Å². The maximum atomic E-state index is 11.8. The van der Waals surface area contributed by atoms with Crippen LogP contribution in [0.1, 0.15) is 15.9 Å². The molecule has 2 aromatic rings. The van der Waals surface area contributed by atoms with Crippen LogP contribution < -0.4 is 10.1 Å². The first kappa shape index (κ1) is 14.8. The van der Waals surface area contributed by atoms with E-state index in [0.29, 0.717) is 18.7 Å². The first-order valence-corrected chi connectivity index (χ1v) is 6.77. The molecule has 0 radical (unpaired) electrons. The van der Waals surface area contributed by atoms with Crippen LogP contribution >= 0.6 is 0 Å². The fourth-order valence-corrected chi connectivity index (χ4v) is 1.79. The summed E-state index contributed by atoms with van der Waals surface area (Å²) in [5, 5.41) is 2.83. The molecule has 0 bridgehead atoms. The second kappa shape index (κ2) is 7.85. The second-order valence-corrected chi connectivity index (χ2v) is 4.43. The number of benzene rings is 2. The summed E-state index contributed by atoms with van der Waals surface area (Å²) in [6.45, 7) is 1.06. The molecule has 2 aromatic carbocycles. The second-order valence-electron chi connectivity index (χ2n) is 4.43. The van der Waals surface area contributed by atoms with Gasteiger partial charge >= 0.3 is 0 Å². The van der Waals surface area contributed by atoms with E-state index in [-0.39, 0.29) is 5.91 Å². The van der Waals surface area contributed by atoms with Crippen molar-refractivity contribution in [1.29, 1.82) is 0 Å². The summed E-state index contributed by atoms with van der Waals surface area (Å²) >= 11 is 0. The number of hydrogen-bond donors (Lipinski definition) is 1. The molecule has 0 saturated heterocycles. The van der Waals surface area contributed by atoms with Crippen LogP contribution in [0.25, 0.3) is 0 Å². The van der Waals surface area contributed by atoms with Gasteiger partial charge in [0, 0.05) is 18.3 Å². The number of carbonyl (C=O) groups is 1. The van der Waals surface area contributed by atoms with Crippen LogP contribution in [-0.2, 0) is 0 Å². The molecule has 0 aliphatic heterocycles. The lowest BCUT2D eigenvalue weighted by Gasteiger charge is -2.02. The minimum Gasteiger partial charge on any atom is -0.497 e. The third-order valence-corrected chi connectivity index (χ3v) is 2.92. The van der Waals surface area contributed by atoms with Gasteiger partial charge in [-0.15, -0.1) is 0 Å². The van der Waals surface area contributed by atoms with Gasteiger partial charge in [-0.3, -0.25) is 9.79 Å². The number of rotatable bonds is 6. The molecule has 0 aliphatic carbocycles. The number of hydrogen-bond acceptors (Lipinski definition) is 3. The van der Waals surface area contributed by atoms with E-state index in [2.05, 4.69) is 10.3 Å². The average Bonchev–Trinajstić information content (AvgIpc) is 2.55. The van der Waals surface area contributed by atoms with Gasteiger partial charge in [-0.05, 0) is 42.0 Å². The van der Waals surface area contributed by atoms with E-state index in [9.17, 15) is 4.79 Å². The highest BCUT2D eigenvalue weighted by atomic mass is 16.5. The SMILES string of the molecule is COc1ccc(C=NCCNC(=O)c2ccccc2)cc1. The van der Waals surface area contributed by atoms with Crippen molar-refractivity contribution in [3.05, 3.63) is 65.7 Å². The molecule has 0 aliphatic rings. The highest BCUT2D eigenvalue weighted by Gasteiger charge is 2.01. The maximum Gasteiger partial charge on any atom is 0.251 e. The number of nitrogens with one attached hydrogen (secondary N) is 1. The number of carbonyl (C=O) groups excluding carboxylic acids is 1. The predicted octanol–water partition coefficient (Wildman–Crippen LogP) is 2.54. The molecular weight excluding hydrogens is 264 g/mol. The first-order chi connectivity index (χ1) is 10.3. The molecule has 108 valence electrons. The van der Waals surface area contributed by atoms with E-state index in [0.717, 1.165) is 11.3 Å². The largest absolute Gasteiger partial charge is 0.497 e. The normalized spacial score (nSPS) is 10.5. The molecule has 4 nitrogen and oxygen atoms in total. The van der Waals surface area contributed by atoms with Crippen molar-refractivity contribution >= 4 is 12.1 Å². The lowest BCUT2D eigenvalue weighted by Crippen LogP contribution is -2.25. The van der Waals surface area contributed by atoms with E-state index >= 15 is 0 Å². The van der Waals surface area contributed by atoms with E-state index in [1.165, 1.54) is 0 Å². The topological polar surface area (TPSA) is 50.7 Å². The number of amides is 1. The number of aliphatic imine (C=N–C) groups is 1. The molecule has 0 unspecified atom stereocenters. The standard InChI is InChI=1S/C17H18N2O2/c1-21-16-9-7-14(8-10-16)13-18-11-12-19-17(20)15-5-3-2-4-6-15/h2-10,13H,11-12H2,1H3,(H,19,20). The van der Waals surface area contributed by atoms with Crippen molar-refractivity contribution in [2.45, 2.75) is 0 Å². The zero-order valence-electron chi connectivity index (χ0n) is 12.0. The summed E-state index contributed by atoms with van der Waals surface area (Å²) in [6.07, 6.45) is 1.79. The molecule has 0 fully saturated rings. The van der Waals surface area contributed by atoms with Crippen LogP contribution in [-0.4, -0.2) is 32.3 Å². The van der Waals surface area contributed by atoms with Crippen molar-refractivity contribution in [3.8, 4) is 5.75 Å². The van der Waals surface area contributed by atoms with Gasteiger partial charge in [0.15, 0.2) is 0 Å². The van der Waals surface area contributed by atoms with E-state index in [1.807, 2.05) is 42.5 Å². The van der Waals surface area contributed by atoms with E-state index in [4.69, 9.17) is 4.74 Å². The first-order valence-electron chi connectivity index (χ1n) is 6.77. The lowest BCUT2D eigenvalue weighted by molar-refractivity contribution is 0.0955. The Morgan fingerprint density at radius 1 is 1.14 bits per heavy atom. The fourth-order valence-electron chi connectivity index (χ4n) is 1.79. The van der Waals surface area contributed by atoms with Gasteiger partial charge in [0.05, 0.1) is 13.7 Å². The molecule has 1 N–H and O–H groups in total. The Morgan fingerprint density at radius 2 is 1.86 bits per heavy atom. The van der Waals surface area contributed by atoms with Gasteiger partial charge in [-0.1, -0.05) is 18.2 Å². The van der Waals surface area contributed by atoms with Crippen molar-refractivity contribution in [3.63, 3.8) is 0 Å². The van der Waals surface area contributed by atoms with Crippen LogP contribution in [0.2, 0.25) is 0 Å². The van der Waals surface area contributed by atoms with Crippen molar-refractivity contribution < 1.29 is 9.53 Å². The third-order valence-electron chi connectivity index (χ3n) is 2.92. The molecule has 0 atom stereocenters. The van der Waals surface area contributed by atoms with Gasteiger partial charge in [0.1, 0.15) is 5.75 Å². The van der Waals surface area contributed by atoms with Crippen LogP contribution in [0.4, 0.5) is 0 Å². The molecule has 0 aromatic heterocycles. The van der Waals surface area contributed by atoms with Crippen molar-refractivity contribution in [2.24, 2.45) is 4.99 Å². The Labute approximate surface area is 124 Å². The zero-order valence-corrected chi connectivity index (χ0v) is 12.0. The zero-order chi connectivity index (χ0) is 14.9. The quantitative estimate of drug-likeness (QED) is 0.654. The summed E-state index contributed by atoms with van der Waals surface area (Å²) in [6, 6.07) is 16.8. The summed E-state index contributed by atoms with van der Waals surface area (Å²) in [7, 11) is 1.64. The molecule has 0 heterocycles. The van der Waals surface area contributed by atoms with Gasteiger partial charge in [0.2, 0.25) is 0 Å². The molecule has 1 amide bonds. The molecule has 21 heavy (non-hydrogen) atoms. The highest BCUT2D eigenvalue weighted by Crippen LogP contribution is 2.09. The highest BCUT2D eigenvalue weighted by molar-refractivity contribution is 5.94. The Kier molecular flexibility index (Phi) is 5.52. The van der Waals surface area contributed by atoms with Crippen molar-refractivity contribution in [2.75, 3.05) is 20.2 Å². The molecule has 0 saturated carbocycles. The van der Waals surface area contributed by atoms with Crippen LogP contribution in [0.3, 0.4) is 0 Å². The molecule has 2 rings (SSSR count). The number of nitrogens with zero attached hydrogens (tertiary/aromatic N) is 1. The average molecular weight is 282 g/mol. The third kappa shape index (κ3) is 4.76. The minimum absolute atomic E-state index is 0.0738. The summed E-state index contributed by atoms with van der Waals surface area (Å²) in [5.74, 6) is 0.748. The Balaban J connectivity index is 1.74. The van der Waals surface area contributed by atoms with Gasteiger partial charge in [-0.25, -0.2) is 0 Å². The van der Waals surface area contributed by atoms with Crippen LogP contribution in [0.5, 0.6) is 5.75 Å². The summed E-state index contributed by atoms with van der Waals surface area (Å²) in [4.78, 5) is 16.1. The number of methoxy groups -OCH3 is 1. The predicted molar refractivity (Wildman–Crippen MR) is 84.2 cm³/mol. The molecule has 0 spiro atoms. The summed E-state index contributed by atoms with van der Waals surface area (Å²) in [5.41, 5.74) is 1.67. The van der Waals surface area contributed by atoms with Crippen molar-refractivity contribution in [1.82, 2.24) is 5.32 Å². The fraction of sp³-hybridized carbons (Fsp3) is 0.176. The summed E-state index contributed by atoms with van der Waals surface area (Å²) < 4.78 is 5.09. The minimum atomic E-state index is -0.0738. The van der Waals surface area contributed by atoms with Gasteiger partial charge < -0.3 is 10.1 Å². The monoisotopic (exact) mass is 282 g/mol. The van der Waals surface area contributed by atoms with Gasteiger partial charge in [0.25, 0.3) is 5.91 Å². The molecule has 4 heteroatoms. The number of ether oxygens (including phenoxy) is 1. The molecular formula is C17H18N2O2. The Hall–Kier alpha value is -2.62. The van der Waals surface area contributed by atoms with Crippen LogP contribution in [0, 0.1) is 0 Å². The van der Waals surface area contributed by atoms with E-state index < -0.39 is 0 Å². The Morgan fingerprint density at radius 3 is 2.52 bits per heavy atom. The lowest BCUT2D eigenvalue weighted by atomic mass is 10.2. The van der Waals surface area contributed by atoms with Gasteiger partial charge in [-0.2, -0.15) is 0 Å². The smallest absolute Gasteiger partial charge is 0.251 e.